The van der Waals surface area contributed by atoms with Gasteiger partial charge in [-0.3, -0.25) is 4.79 Å². The first-order chi connectivity index (χ1) is 13.0. The van der Waals surface area contributed by atoms with E-state index in [9.17, 15) is 14.0 Å². The number of nitrogens with one attached hydrogen (secondary N) is 1. The molecule has 0 bridgehead atoms. The van der Waals surface area contributed by atoms with Gasteiger partial charge in [-0.15, -0.1) is 0 Å². The van der Waals surface area contributed by atoms with E-state index in [4.69, 9.17) is 10.5 Å². The topological polar surface area (TPSA) is 84.7 Å². The first-order valence-electron chi connectivity index (χ1n) is 8.69. The fourth-order valence-corrected chi connectivity index (χ4v) is 3.27. The number of nitrogens with zero attached hydrogens (tertiary/aromatic N) is 1. The molecule has 3 rings (SSSR count). The summed E-state index contributed by atoms with van der Waals surface area (Å²) < 4.78 is 18.1. The van der Waals surface area contributed by atoms with Crippen LogP contribution < -0.4 is 11.1 Å². The summed E-state index contributed by atoms with van der Waals surface area (Å²) in [5.74, 6) is -1.30. The van der Waals surface area contributed by atoms with E-state index >= 15 is 0 Å². The fourth-order valence-electron chi connectivity index (χ4n) is 3.27. The quantitative estimate of drug-likeness (QED) is 0.806. The van der Waals surface area contributed by atoms with Crippen LogP contribution in [0.25, 0.3) is 0 Å². The van der Waals surface area contributed by atoms with Gasteiger partial charge in [0.1, 0.15) is 5.82 Å². The fraction of sp³-hybridized carbons (Fsp3) is 0.300. The van der Waals surface area contributed by atoms with Crippen molar-refractivity contribution < 1.29 is 18.7 Å². The molecule has 0 spiro atoms. The Morgan fingerprint density at radius 3 is 2.37 bits per heavy atom. The molecule has 1 heterocycles. The Morgan fingerprint density at radius 1 is 1.11 bits per heavy atom. The number of ether oxygens (including phenoxy) is 1. The number of esters is 1. The third-order valence-electron chi connectivity index (χ3n) is 4.76. The van der Waals surface area contributed by atoms with Gasteiger partial charge in [0, 0.05) is 19.1 Å². The van der Waals surface area contributed by atoms with Crippen LogP contribution in [0.5, 0.6) is 0 Å². The van der Waals surface area contributed by atoms with E-state index in [0.29, 0.717) is 0 Å². The van der Waals surface area contributed by atoms with E-state index in [1.807, 2.05) is 30.3 Å². The van der Waals surface area contributed by atoms with Gasteiger partial charge in [-0.2, -0.15) is 0 Å². The number of hydrogen-bond acceptors (Lipinski definition) is 4. The smallest absolute Gasteiger partial charge is 0.318 e. The molecule has 0 aliphatic carbocycles. The number of methoxy groups -OCH3 is 1. The molecule has 142 valence electrons. The number of amides is 2. The summed E-state index contributed by atoms with van der Waals surface area (Å²) in [5, 5.41) is 2.97. The van der Waals surface area contributed by atoms with Gasteiger partial charge in [0.15, 0.2) is 0 Å². The van der Waals surface area contributed by atoms with Crippen LogP contribution in [0.1, 0.15) is 17.2 Å². The molecule has 0 radical (unpaired) electrons. The van der Waals surface area contributed by atoms with Gasteiger partial charge in [-0.25, -0.2) is 9.18 Å². The highest BCUT2D eigenvalue weighted by atomic mass is 19.1. The van der Waals surface area contributed by atoms with E-state index in [-0.39, 0.29) is 24.9 Å². The molecular formula is C20H22FN3O3. The Labute approximate surface area is 157 Å². The lowest BCUT2D eigenvalue weighted by molar-refractivity contribution is -0.145. The molecule has 7 heteroatoms. The Kier molecular flexibility index (Phi) is 5.71. The van der Waals surface area contributed by atoms with Crippen molar-refractivity contribution in [1.82, 2.24) is 10.2 Å². The molecule has 1 aliphatic heterocycles. The van der Waals surface area contributed by atoms with Crippen molar-refractivity contribution in [1.29, 1.82) is 0 Å². The number of carbonyl (C=O) groups excluding carboxylic acids is 2. The number of urea groups is 1. The standard InChI is InChI=1S/C20H22FN3O3/c1-27-19(25)16-11-24(12-17(16)22)20(26)23-18(13-5-3-2-4-6-13)14-7-9-15(21)10-8-14/h2-10,16-18H,11-12,22H2,1H3,(H,23,26). The molecule has 27 heavy (non-hydrogen) atoms. The van der Waals surface area contributed by atoms with E-state index in [1.165, 1.54) is 24.1 Å². The van der Waals surface area contributed by atoms with Crippen molar-refractivity contribution in [2.45, 2.75) is 12.1 Å². The number of hydrogen-bond donors (Lipinski definition) is 2. The van der Waals surface area contributed by atoms with Crippen LogP contribution in [0.4, 0.5) is 9.18 Å². The minimum atomic E-state index is -0.540. The van der Waals surface area contributed by atoms with Crippen molar-refractivity contribution in [3.63, 3.8) is 0 Å². The molecule has 3 unspecified atom stereocenters. The van der Waals surface area contributed by atoms with Crippen molar-refractivity contribution >= 4 is 12.0 Å². The van der Waals surface area contributed by atoms with Gasteiger partial charge in [-0.1, -0.05) is 42.5 Å². The number of carbonyl (C=O) groups is 2. The van der Waals surface area contributed by atoms with Gasteiger partial charge in [0.2, 0.25) is 0 Å². The van der Waals surface area contributed by atoms with Gasteiger partial charge < -0.3 is 20.7 Å². The number of benzene rings is 2. The van der Waals surface area contributed by atoms with Gasteiger partial charge in [0.25, 0.3) is 0 Å². The van der Waals surface area contributed by atoms with Crippen LogP contribution in [0.2, 0.25) is 0 Å². The number of likely N-dealkylation sites (tertiary alicyclic amines) is 1. The predicted molar refractivity (Wildman–Crippen MR) is 98.3 cm³/mol. The van der Waals surface area contributed by atoms with Crippen LogP contribution in [-0.4, -0.2) is 43.1 Å². The molecule has 6 nitrogen and oxygen atoms in total. The van der Waals surface area contributed by atoms with Crippen LogP contribution in [0.3, 0.4) is 0 Å². The van der Waals surface area contributed by atoms with Gasteiger partial charge in [-0.05, 0) is 23.3 Å². The maximum absolute atomic E-state index is 13.3. The second-order valence-electron chi connectivity index (χ2n) is 6.54. The zero-order valence-corrected chi connectivity index (χ0v) is 15.0. The third-order valence-corrected chi connectivity index (χ3v) is 4.76. The zero-order chi connectivity index (χ0) is 19.4. The highest BCUT2D eigenvalue weighted by Crippen LogP contribution is 2.24. The maximum Gasteiger partial charge on any atom is 0.318 e. The lowest BCUT2D eigenvalue weighted by atomic mass is 9.99. The van der Waals surface area contributed by atoms with E-state index in [2.05, 4.69) is 5.32 Å². The summed E-state index contributed by atoms with van der Waals surface area (Å²) in [5.41, 5.74) is 7.61. The maximum atomic E-state index is 13.3. The minimum absolute atomic E-state index is 0.199. The summed E-state index contributed by atoms with van der Waals surface area (Å²) in [7, 11) is 1.30. The molecule has 2 aromatic carbocycles. The largest absolute Gasteiger partial charge is 0.469 e. The molecule has 1 saturated heterocycles. The van der Waals surface area contributed by atoms with Gasteiger partial charge >= 0.3 is 12.0 Å². The van der Waals surface area contributed by atoms with Crippen LogP contribution in [0.15, 0.2) is 54.6 Å². The number of rotatable bonds is 4. The predicted octanol–water partition coefficient (Wildman–Crippen LogP) is 2.06. The lowest BCUT2D eigenvalue weighted by Crippen LogP contribution is -2.41. The second-order valence-corrected chi connectivity index (χ2v) is 6.54. The van der Waals surface area contributed by atoms with Gasteiger partial charge in [0.05, 0.1) is 19.1 Å². The molecular weight excluding hydrogens is 349 g/mol. The molecule has 0 aromatic heterocycles. The Bertz CT molecular complexity index is 798. The second kappa shape index (κ2) is 8.18. The highest BCUT2D eigenvalue weighted by Gasteiger charge is 2.38. The lowest BCUT2D eigenvalue weighted by Gasteiger charge is -2.24. The van der Waals surface area contributed by atoms with Crippen molar-refractivity contribution in [3.05, 3.63) is 71.5 Å². The van der Waals surface area contributed by atoms with Crippen LogP contribution in [0, 0.1) is 11.7 Å². The molecule has 0 saturated carbocycles. The first kappa shape index (κ1) is 18.8. The summed E-state index contributed by atoms with van der Waals surface area (Å²) in [4.78, 5) is 26.1. The van der Waals surface area contributed by atoms with Crippen molar-refractivity contribution in [3.8, 4) is 0 Å². The molecule has 2 amide bonds. The van der Waals surface area contributed by atoms with Crippen molar-refractivity contribution in [2.24, 2.45) is 11.7 Å². The molecule has 3 atom stereocenters. The zero-order valence-electron chi connectivity index (χ0n) is 15.0. The molecule has 2 aromatic rings. The van der Waals surface area contributed by atoms with Crippen LogP contribution in [-0.2, 0) is 9.53 Å². The third kappa shape index (κ3) is 4.25. The Morgan fingerprint density at radius 2 is 1.74 bits per heavy atom. The minimum Gasteiger partial charge on any atom is -0.469 e. The average molecular weight is 371 g/mol. The number of nitrogens with two attached hydrogens (primary N) is 1. The Hall–Kier alpha value is -2.93. The average Bonchev–Trinajstić information content (AvgIpc) is 3.08. The van der Waals surface area contributed by atoms with Crippen LogP contribution >= 0.6 is 0 Å². The van der Waals surface area contributed by atoms with E-state index < -0.39 is 24.0 Å². The molecule has 1 aliphatic rings. The van der Waals surface area contributed by atoms with Crippen molar-refractivity contribution in [2.75, 3.05) is 20.2 Å². The summed E-state index contributed by atoms with van der Waals surface area (Å²) in [6.45, 7) is 0.459. The summed E-state index contributed by atoms with van der Waals surface area (Å²) in [6.07, 6.45) is 0. The monoisotopic (exact) mass is 371 g/mol. The number of halogens is 1. The summed E-state index contributed by atoms with van der Waals surface area (Å²) in [6, 6.07) is 14.1. The van der Waals surface area contributed by atoms with E-state index in [1.54, 1.807) is 12.1 Å². The molecule has 1 fully saturated rings. The summed E-state index contributed by atoms with van der Waals surface area (Å²) >= 11 is 0. The molecule has 3 N–H and O–H groups in total. The normalized spacial score (nSPS) is 20.2. The first-order valence-corrected chi connectivity index (χ1v) is 8.69. The SMILES string of the molecule is COC(=O)C1CN(C(=O)NC(c2ccccc2)c2ccc(F)cc2)CC1N. The van der Waals surface area contributed by atoms with E-state index in [0.717, 1.165) is 11.1 Å². The Balaban J connectivity index is 1.79. The highest BCUT2D eigenvalue weighted by molar-refractivity contribution is 5.79.